The van der Waals surface area contributed by atoms with Gasteiger partial charge in [-0.3, -0.25) is 14.5 Å². The summed E-state index contributed by atoms with van der Waals surface area (Å²) in [5.74, 6) is 0. The molecule has 1 aliphatic heterocycles. The maximum atomic E-state index is 11.8. The SMILES string of the molecule is CC1CCCCN1CCNc1c(-c2ccccc2)c(=O)c1=O. The summed E-state index contributed by atoms with van der Waals surface area (Å²) in [6, 6.07) is 10.0. The number of hydrogen-bond donors (Lipinski definition) is 1. The Morgan fingerprint density at radius 1 is 1.14 bits per heavy atom. The van der Waals surface area contributed by atoms with Gasteiger partial charge in [0.15, 0.2) is 0 Å². The van der Waals surface area contributed by atoms with Gasteiger partial charge in [0.05, 0.1) is 11.3 Å². The second-order valence-electron chi connectivity index (χ2n) is 6.08. The molecule has 4 nitrogen and oxygen atoms in total. The molecule has 2 aromatic carbocycles. The second kappa shape index (κ2) is 6.44. The van der Waals surface area contributed by atoms with E-state index >= 15 is 0 Å². The standard InChI is InChI=1S/C18H22N2O2/c1-13-7-5-6-11-20(13)12-10-19-16-15(17(21)18(16)22)14-8-3-2-4-9-14/h2-4,8-9,13,19H,5-7,10-12H2,1H3. The van der Waals surface area contributed by atoms with Crippen LogP contribution in [0.15, 0.2) is 39.9 Å². The topological polar surface area (TPSA) is 49.4 Å². The normalized spacial score (nSPS) is 19.4. The van der Waals surface area contributed by atoms with Crippen molar-refractivity contribution in [3.63, 3.8) is 0 Å². The van der Waals surface area contributed by atoms with E-state index in [-0.39, 0.29) is 10.9 Å². The van der Waals surface area contributed by atoms with Gasteiger partial charge in [-0.15, -0.1) is 0 Å². The lowest BCUT2D eigenvalue weighted by atomic mass is 9.98. The zero-order chi connectivity index (χ0) is 15.5. The molecule has 0 spiro atoms. The van der Waals surface area contributed by atoms with Crippen molar-refractivity contribution in [1.29, 1.82) is 0 Å². The Balaban J connectivity index is 1.65. The van der Waals surface area contributed by atoms with E-state index in [2.05, 4.69) is 17.1 Å². The average Bonchev–Trinajstić information content (AvgIpc) is 2.56. The third-order valence-corrected chi connectivity index (χ3v) is 4.61. The van der Waals surface area contributed by atoms with Crippen LogP contribution in [0.1, 0.15) is 26.2 Å². The molecule has 1 aliphatic rings. The third kappa shape index (κ3) is 2.83. The minimum atomic E-state index is -0.384. The highest BCUT2D eigenvalue weighted by Crippen LogP contribution is 2.23. The van der Waals surface area contributed by atoms with Gasteiger partial charge in [0.1, 0.15) is 0 Å². The Morgan fingerprint density at radius 3 is 2.64 bits per heavy atom. The number of piperidine rings is 1. The highest BCUT2D eigenvalue weighted by atomic mass is 16.2. The van der Waals surface area contributed by atoms with Crippen molar-refractivity contribution < 1.29 is 0 Å². The minimum absolute atomic E-state index is 0.375. The van der Waals surface area contributed by atoms with Crippen LogP contribution in [0.2, 0.25) is 0 Å². The largest absolute Gasteiger partial charge is 0.380 e. The molecule has 0 saturated carbocycles. The second-order valence-corrected chi connectivity index (χ2v) is 6.08. The molecule has 1 atom stereocenters. The molecular weight excluding hydrogens is 276 g/mol. The van der Waals surface area contributed by atoms with E-state index < -0.39 is 0 Å². The first-order valence-corrected chi connectivity index (χ1v) is 8.05. The van der Waals surface area contributed by atoms with Crippen LogP contribution >= 0.6 is 0 Å². The molecule has 0 radical (unpaired) electrons. The van der Waals surface area contributed by atoms with Crippen molar-refractivity contribution in [2.45, 2.75) is 32.2 Å². The fourth-order valence-corrected chi connectivity index (χ4v) is 3.25. The summed E-state index contributed by atoms with van der Waals surface area (Å²) < 4.78 is 0. The smallest absolute Gasteiger partial charge is 0.250 e. The van der Waals surface area contributed by atoms with Gasteiger partial charge < -0.3 is 5.32 Å². The molecule has 3 rings (SSSR count). The number of likely N-dealkylation sites (tertiary alicyclic amines) is 1. The predicted molar refractivity (Wildman–Crippen MR) is 90.2 cm³/mol. The lowest BCUT2D eigenvalue weighted by molar-refractivity contribution is 0.167. The molecule has 0 aromatic heterocycles. The molecule has 1 N–H and O–H groups in total. The van der Waals surface area contributed by atoms with E-state index in [4.69, 9.17) is 0 Å². The van der Waals surface area contributed by atoms with Crippen molar-refractivity contribution in [3.8, 4) is 11.1 Å². The summed E-state index contributed by atoms with van der Waals surface area (Å²) in [4.78, 5) is 26.1. The summed E-state index contributed by atoms with van der Waals surface area (Å²) in [6.45, 7) is 5.00. The quantitative estimate of drug-likeness (QED) is 0.860. The lowest BCUT2D eigenvalue weighted by Gasteiger charge is -2.33. The predicted octanol–water partition coefficient (Wildman–Crippen LogP) is 2.24. The van der Waals surface area contributed by atoms with E-state index in [0.717, 1.165) is 18.7 Å². The summed E-state index contributed by atoms with van der Waals surface area (Å²) in [5, 5.41) is 3.18. The number of nitrogens with one attached hydrogen (secondary N) is 1. The highest BCUT2D eigenvalue weighted by Gasteiger charge is 2.22. The molecule has 1 heterocycles. The molecule has 22 heavy (non-hydrogen) atoms. The van der Waals surface area contributed by atoms with E-state index in [1.54, 1.807) is 0 Å². The molecule has 0 bridgehead atoms. The van der Waals surface area contributed by atoms with Crippen LogP contribution in [-0.2, 0) is 0 Å². The van der Waals surface area contributed by atoms with Gasteiger partial charge in [-0.05, 0) is 31.9 Å². The van der Waals surface area contributed by atoms with Crippen molar-refractivity contribution >= 4 is 5.69 Å². The van der Waals surface area contributed by atoms with Crippen molar-refractivity contribution in [3.05, 3.63) is 50.8 Å². The Bertz CT molecular complexity index is 702. The van der Waals surface area contributed by atoms with Crippen LogP contribution in [0, 0.1) is 0 Å². The molecule has 1 fully saturated rings. The van der Waals surface area contributed by atoms with Crippen LogP contribution in [0.25, 0.3) is 11.1 Å². The Morgan fingerprint density at radius 2 is 1.91 bits per heavy atom. The third-order valence-electron chi connectivity index (χ3n) is 4.61. The van der Waals surface area contributed by atoms with Gasteiger partial charge in [0, 0.05) is 19.1 Å². The maximum absolute atomic E-state index is 11.8. The summed E-state index contributed by atoms with van der Waals surface area (Å²) in [5.41, 5.74) is 1.09. The van der Waals surface area contributed by atoms with Crippen molar-refractivity contribution in [2.24, 2.45) is 0 Å². The van der Waals surface area contributed by atoms with E-state index in [1.807, 2.05) is 30.3 Å². The first-order chi connectivity index (χ1) is 10.7. The van der Waals surface area contributed by atoms with Crippen LogP contribution in [0.5, 0.6) is 0 Å². The monoisotopic (exact) mass is 298 g/mol. The summed E-state index contributed by atoms with van der Waals surface area (Å²) >= 11 is 0. The fourth-order valence-electron chi connectivity index (χ4n) is 3.25. The summed E-state index contributed by atoms with van der Waals surface area (Å²) in [7, 11) is 0. The Labute approximate surface area is 130 Å². The lowest BCUT2D eigenvalue weighted by Crippen LogP contribution is -2.42. The first kappa shape index (κ1) is 15.0. The van der Waals surface area contributed by atoms with E-state index in [1.165, 1.54) is 19.3 Å². The number of benzene rings is 1. The van der Waals surface area contributed by atoms with Crippen LogP contribution in [0.4, 0.5) is 5.69 Å². The van der Waals surface area contributed by atoms with E-state index in [9.17, 15) is 9.59 Å². The maximum Gasteiger partial charge on any atom is 0.250 e. The molecule has 1 saturated heterocycles. The van der Waals surface area contributed by atoms with Gasteiger partial charge in [-0.2, -0.15) is 0 Å². The van der Waals surface area contributed by atoms with Crippen LogP contribution < -0.4 is 16.2 Å². The van der Waals surface area contributed by atoms with Crippen molar-refractivity contribution in [1.82, 2.24) is 4.90 Å². The number of anilines is 1. The van der Waals surface area contributed by atoms with Gasteiger partial charge in [0.25, 0.3) is 0 Å². The molecule has 0 amide bonds. The first-order valence-electron chi connectivity index (χ1n) is 8.05. The van der Waals surface area contributed by atoms with Gasteiger partial charge in [-0.25, -0.2) is 0 Å². The number of nitrogens with zero attached hydrogens (tertiary/aromatic N) is 1. The fraction of sp³-hybridized carbons (Fsp3) is 0.444. The Hall–Kier alpha value is -1.94. The number of hydrogen-bond acceptors (Lipinski definition) is 4. The van der Waals surface area contributed by atoms with Crippen LogP contribution in [-0.4, -0.2) is 30.6 Å². The molecule has 0 aliphatic carbocycles. The zero-order valence-electron chi connectivity index (χ0n) is 13.0. The zero-order valence-corrected chi connectivity index (χ0v) is 13.0. The van der Waals surface area contributed by atoms with Crippen LogP contribution in [0.3, 0.4) is 0 Å². The minimum Gasteiger partial charge on any atom is -0.380 e. The van der Waals surface area contributed by atoms with Gasteiger partial charge in [0.2, 0.25) is 10.9 Å². The average molecular weight is 298 g/mol. The van der Waals surface area contributed by atoms with Gasteiger partial charge in [-0.1, -0.05) is 36.8 Å². The summed E-state index contributed by atoms with van der Waals surface area (Å²) in [6.07, 6.45) is 3.80. The molecular formula is C18H22N2O2. The molecule has 2 aromatic rings. The molecule has 1 unspecified atom stereocenters. The van der Waals surface area contributed by atoms with E-state index in [0.29, 0.717) is 23.8 Å². The number of rotatable bonds is 5. The van der Waals surface area contributed by atoms with Gasteiger partial charge >= 0.3 is 0 Å². The van der Waals surface area contributed by atoms with Crippen molar-refractivity contribution in [2.75, 3.05) is 25.0 Å². The molecule has 4 heteroatoms. The highest BCUT2D eigenvalue weighted by molar-refractivity contribution is 5.81. The Kier molecular flexibility index (Phi) is 4.39. The molecule has 116 valence electrons.